The summed E-state index contributed by atoms with van der Waals surface area (Å²) in [5, 5.41) is 3.79. The van der Waals surface area contributed by atoms with Crippen LogP contribution in [-0.4, -0.2) is 9.97 Å². The summed E-state index contributed by atoms with van der Waals surface area (Å²) in [6.07, 6.45) is 0. The first kappa shape index (κ1) is 14.3. The maximum atomic E-state index is 6.17. The molecule has 0 unspecified atom stereocenters. The Morgan fingerprint density at radius 2 is 1.89 bits per heavy atom. The standard InChI is InChI=1S/C14H15BrClN3/c1-8(2)13-18-12(16)9(3)14(19-13)17-11-7-5-4-6-10(11)15/h4-8H,1-3H3,(H,17,18,19). The summed E-state index contributed by atoms with van der Waals surface area (Å²) in [7, 11) is 0. The van der Waals surface area contributed by atoms with Crippen LogP contribution < -0.4 is 5.32 Å². The zero-order valence-corrected chi connectivity index (χ0v) is 13.4. The minimum Gasteiger partial charge on any atom is -0.339 e. The lowest BCUT2D eigenvalue weighted by Crippen LogP contribution is -2.05. The van der Waals surface area contributed by atoms with Crippen molar-refractivity contribution in [2.75, 3.05) is 5.32 Å². The SMILES string of the molecule is Cc1c(Cl)nc(C(C)C)nc1Nc1ccccc1Br. The largest absolute Gasteiger partial charge is 0.339 e. The first-order valence-electron chi connectivity index (χ1n) is 6.04. The monoisotopic (exact) mass is 339 g/mol. The number of benzene rings is 1. The molecule has 2 aromatic rings. The fraction of sp³-hybridized carbons (Fsp3) is 0.286. The molecule has 0 saturated heterocycles. The van der Waals surface area contributed by atoms with E-state index < -0.39 is 0 Å². The van der Waals surface area contributed by atoms with Crippen LogP contribution >= 0.6 is 27.5 Å². The lowest BCUT2D eigenvalue weighted by Gasteiger charge is -2.13. The van der Waals surface area contributed by atoms with E-state index in [1.807, 2.05) is 45.0 Å². The third kappa shape index (κ3) is 3.25. The molecule has 0 radical (unpaired) electrons. The number of para-hydroxylation sites is 1. The highest BCUT2D eigenvalue weighted by Gasteiger charge is 2.12. The number of anilines is 2. The highest BCUT2D eigenvalue weighted by atomic mass is 79.9. The quantitative estimate of drug-likeness (QED) is 0.793. The summed E-state index contributed by atoms with van der Waals surface area (Å²) in [6.45, 7) is 6.00. The molecule has 5 heteroatoms. The zero-order valence-electron chi connectivity index (χ0n) is 11.0. The number of nitrogens with one attached hydrogen (secondary N) is 1. The Morgan fingerprint density at radius 1 is 1.21 bits per heavy atom. The molecule has 0 fully saturated rings. The molecule has 0 bridgehead atoms. The molecule has 1 N–H and O–H groups in total. The summed E-state index contributed by atoms with van der Waals surface area (Å²) in [5.41, 5.74) is 1.80. The third-order valence-electron chi connectivity index (χ3n) is 2.75. The minimum absolute atomic E-state index is 0.234. The van der Waals surface area contributed by atoms with E-state index >= 15 is 0 Å². The van der Waals surface area contributed by atoms with Gasteiger partial charge >= 0.3 is 0 Å². The van der Waals surface area contributed by atoms with Gasteiger partial charge in [0.15, 0.2) is 0 Å². The molecule has 0 atom stereocenters. The van der Waals surface area contributed by atoms with Crippen LogP contribution in [0.1, 0.15) is 31.2 Å². The number of halogens is 2. The Morgan fingerprint density at radius 3 is 2.53 bits per heavy atom. The maximum Gasteiger partial charge on any atom is 0.138 e. The van der Waals surface area contributed by atoms with Gasteiger partial charge in [0.25, 0.3) is 0 Å². The second-order valence-electron chi connectivity index (χ2n) is 4.61. The van der Waals surface area contributed by atoms with Gasteiger partial charge in [-0.15, -0.1) is 0 Å². The summed E-state index contributed by atoms with van der Waals surface area (Å²) in [6, 6.07) is 7.89. The normalized spacial score (nSPS) is 10.8. The summed E-state index contributed by atoms with van der Waals surface area (Å²) < 4.78 is 0.982. The molecular formula is C14H15BrClN3. The lowest BCUT2D eigenvalue weighted by atomic mass is 10.2. The topological polar surface area (TPSA) is 37.8 Å². The van der Waals surface area contributed by atoms with Crippen molar-refractivity contribution in [3.05, 3.63) is 45.3 Å². The van der Waals surface area contributed by atoms with Crippen LogP contribution in [0.15, 0.2) is 28.7 Å². The summed E-state index contributed by atoms with van der Waals surface area (Å²) in [5.74, 6) is 1.72. The van der Waals surface area contributed by atoms with Crippen LogP contribution in [0.5, 0.6) is 0 Å². The van der Waals surface area contributed by atoms with Gasteiger partial charge in [0, 0.05) is 16.0 Å². The van der Waals surface area contributed by atoms with Crippen LogP contribution in [0.4, 0.5) is 11.5 Å². The fourth-order valence-electron chi connectivity index (χ4n) is 1.58. The molecule has 0 aliphatic rings. The third-order valence-corrected chi connectivity index (χ3v) is 3.81. The van der Waals surface area contributed by atoms with E-state index in [9.17, 15) is 0 Å². The Hall–Kier alpha value is -1.13. The Labute approximate surface area is 126 Å². The van der Waals surface area contributed by atoms with E-state index in [0.29, 0.717) is 5.15 Å². The first-order chi connectivity index (χ1) is 8.99. The Bertz CT molecular complexity index is 599. The van der Waals surface area contributed by atoms with Gasteiger partial charge in [0.1, 0.15) is 16.8 Å². The number of aromatic nitrogens is 2. The molecule has 0 aliphatic heterocycles. The smallest absolute Gasteiger partial charge is 0.138 e. The predicted molar refractivity (Wildman–Crippen MR) is 83.3 cm³/mol. The van der Waals surface area contributed by atoms with E-state index in [0.717, 1.165) is 27.4 Å². The molecule has 1 aromatic heterocycles. The van der Waals surface area contributed by atoms with Gasteiger partial charge in [-0.1, -0.05) is 37.6 Å². The van der Waals surface area contributed by atoms with Gasteiger partial charge < -0.3 is 5.32 Å². The van der Waals surface area contributed by atoms with Gasteiger partial charge in [-0.3, -0.25) is 0 Å². The van der Waals surface area contributed by atoms with E-state index in [4.69, 9.17) is 11.6 Å². The first-order valence-corrected chi connectivity index (χ1v) is 7.21. The van der Waals surface area contributed by atoms with Crippen molar-refractivity contribution in [1.82, 2.24) is 9.97 Å². The molecular weight excluding hydrogens is 326 g/mol. The summed E-state index contributed by atoms with van der Waals surface area (Å²) in [4.78, 5) is 8.84. The average molecular weight is 341 g/mol. The van der Waals surface area contributed by atoms with E-state index in [1.54, 1.807) is 0 Å². The Kier molecular flexibility index (Phi) is 4.42. The van der Waals surface area contributed by atoms with Crippen molar-refractivity contribution < 1.29 is 0 Å². The number of rotatable bonds is 3. The van der Waals surface area contributed by atoms with Gasteiger partial charge in [-0.2, -0.15) is 0 Å². The van der Waals surface area contributed by atoms with Crippen LogP contribution in [0.2, 0.25) is 5.15 Å². The molecule has 1 aromatic carbocycles. The second kappa shape index (κ2) is 5.88. The van der Waals surface area contributed by atoms with Crippen molar-refractivity contribution in [3.63, 3.8) is 0 Å². The van der Waals surface area contributed by atoms with Crippen molar-refractivity contribution in [3.8, 4) is 0 Å². The van der Waals surface area contributed by atoms with Gasteiger partial charge in [-0.25, -0.2) is 9.97 Å². The Balaban J connectivity index is 2.42. The van der Waals surface area contributed by atoms with Crippen LogP contribution in [-0.2, 0) is 0 Å². The molecule has 0 aliphatic carbocycles. The molecule has 2 rings (SSSR count). The lowest BCUT2D eigenvalue weighted by molar-refractivity contribution is 0.773. The maximum absolute atomic E-state index is 6.17. The number of hydrogen-bond donors (Lipinski definition) is 1. The number of hydrogen-bond acceptors (Lipinski definition) is 3. The van der Waals surface area contributed by atoms with Crippen molar-refractivity contribution in [2.24, 2.45) is 0 Å². The molecule has 100 valence electrons. The highest BCUT2D eigenvalue weighted by molar-refractivity contribution is 9.10. The van der Waals surface area contributed by atoms with Crippen molar-refractivity contribution in [1.29, 1.82) is 0 Å². The van der Waals surface area contributed by atoms with E-state index in [2.05, 4.69) is 31.2 Å². The fourth-order valence-corrected chi connectivity index (χ4v) is 2.14. The van der Waals surface area contributed by atoms with E-state index in [-0.39, 0.29) is 5.92 Å². The van der Waals surface area contributed by atoms with Crippen molar-refractivity contribution in [2.45, 2.75) is 26.7 Å². The predicted octanol–water partition coefficient (Wildman–Crippen LogP) is 5.07. The molecule has 0 saturated carbocycles. The number of nitrogens with zero attached hydrogens (tertiary/aromatic N) is 2. The van der Waals surface area contributed by atoms with Gasteiger partial charge in [0.2, 0.25) is 0 Å². The van der Waals surface area contributed by atoms with Crippen LogP contribution in [0.3, 0.4) is 0 Å². The van der Waals surface area contributed by atoms with Crippen LogP contribution in [0.25, 0.3) is 0 Å². The summed E-state index contributed by atoms with van der Waals surface area (Å²) >= 11 is 9.67. The molecule has 19 heavy (non-hydrogen) atoms. The van der Waals surface area contributed by atoms with Crippen molar-refractivity contribution >= 4 is 39.0 Å². The molecule has 0 spiro atoms. The van der Waals surface area contributed by atoms with Gasteiger partial charge in [-0.05, 0) is 35.0 Å². The van der Waals surface area contributed by atoms with Crippen LogP contribution in [0, 0.1) is 6.92 Å². The second-order valence-corrected chi connectivity index (χ2v) is 5.82. The molecule has 1 heterocycles. The van der Waals surface area contributed by atoms with Gasteiger partial charge in [0.05, 0.1) is 5.69 Å². The minimum atomic E-state index is 0.234. The van der Waals surface area contributed by atoms with E-state index in [1.165, 1.54) is 0 Å². The molecule has 3 nitrogen and oxygen atoms in total. The zero-order chi connectivity index (χ0) is 14.0. The molecule has 0 amide bonds. The highest BCUT2D eigenvalue weighted by Crippen LogP contribution is 2.29. The average Bonchev–Trinajstić information content (AvgIpc) is 2.37.